The predicted molar refractivity (Wildman–Crippen MR) is 102 cm³/mol. The second kappa shape index (κ2) is 6.97. The van der Waals surface area contributed by atoms with Crippen LogP contribution in [-0.4, -0.2) is 58.3 Å². The quantitative estimate of drug-likeness (QED) is 0.856. The van der Waals surface area contributed by atoms with Crippen LogP contribution in [0.4, 0.5) is 5.95 Å². The van der Waals surface area contributed by atoms with E-state index in [1.165, 1.54) is 24.2 Å². The van der Waals surface area contributed by atoms with Crippen LogP contribution in [0.5, 0.6) is 11.5 Å². The molecule has 2 aliphatic heterocycles. The summed E-state index contributed by atoms with van der Waals surface area (Å²) in [7, 11) is -2.78. The first kappa shape index (κ1) is 18.0. The number of benzene rings is 1. The Morgan fingerprint density at radius 2 is 1.78 bits per heavy atom. The van der Waals surface area contributed by atoms with E-state index in [9.17, 15) is 4.21 Å². The third-order valence-electron chi connectivity index (χ3n) is 5.09. The topological polar surface area (TPSA) is 91.6 Å². The van der Waals surface area contributed by atoms with Gasteiger partial charge in [-0.15, -0.1) is 0 Å². The van der Waals surface area contributed by atoms with E-state index in [0.29, 0.717) is 10.8 Å². The third kappa shape index (κ3) is 3.70. The van der Waals surface area contributed by atoms with Crippen LogP contribution >= 0.6 is 0 Å². The fourth-order valence-corrected chi connectivity index (χ4v) is 3.87. The van der Waals surface area contributed by atoms with Crippen LogP contribution in [0, 0.1) is 4.78 Å². The second-order valence-corrected chi connectivity index (χ2v) is 9.03. The molecule has 1 aromatic carbocycles. The van der Waals surface area contributed by atoms with Crippen LogP contribution in [0.15, 0.2) is 35.5 Å². The van der Waals surface area contributed by atoms with Gasteiger partial charge in [0.15, 0.2) is 11.5 Å². The summed E-state index contributed by atoms with van der Waals surface area (Å²) in [5.74, 6) is 2.24. The molecule has 3 heterocycles. The van der Waals surface area contributed by atoms with E-state index in [1.54, 1.807) is 0 Å². The molecular weight excluding hydrogens is 366 g/mol. The number of nitrogens with zero attached hydrogens (tertiary/aromatic N) is 4. The van der Waals surface area contributed by atoms with Crippen molar-refractivity contribution in [3.05, 3.63) is 36.2 Å². The summed E-state index contributed by atoms with van der Waals surface area (Å²) in [6, 6.07) is 6.40. The van der Waals surface area contributed by atoms with Gasteiger partial charge in [0.2, 0.25) is 12.7 Å². The normalized spacial score (nSPS) is 20.3. The molecule has 0 saturated carbocycles. The molecule has 2 atom stereocenters. The summed E-state index contributed by atoms with van der Waals surface area (Å²) in [4.78, 5) is 13.5. The van der Waals surface area contributed by atoms with Gasteiger partial charge in [-0.25, -0.2) is 19.0 Å². The molecule has 0 radical (unpaired) electrons. The number of fused-ring (bicyclic) bond motifs is 1. The number of piperazine rings is 1. The summed E-state index contributed by atoms with van der Waals surface area (Å²) >= 11 is 0. The molecule has 2 aromatic rings. The van der Waals surface area contributed by atoms with Gasteiger partial charge in [0, 0.05) is 50.9 Å². The van der Waals surface area contributed by atoms with Crippen LogP contribution in [-0.2, 0) is 9.73 Å². The maximum atomic E-state index is 11.7. The average Bonchev–Trinajstić information content (AvgIpc) is 3.15. The lowest BCUT2D eigenvalue weighted by Crippen LogP contribution is -2.47. The molecule has 1 N–H and O–H groups in total. The zero-order valence-corrected chi connectivity index (χ0v) is 16.2. The number of rotatable bonds is 4. The van der Waals surface area contributed by atoms with E-state index in [0.717, 1.165) is 37.7 Å². The molecule has 0 amide bonds. The standard InChI is InChI=1S/C18H23N5O3S/c1-13(14-3-4-16-17(9-14)26-12-25-16)22-5-7-23(8-6-22)18-20-10-15(11-21-18)27(2,19)24/h3-4,9-11,13,19H,5-8,12H2,1-2H3/t13-,27+/m0/s1. The first-order chi connectivity index (χ1) is 12.9. The van der Waals surface area contributed by atoms with Gasteiger partial charge in [-0.05, 0) is 24.6 Å². The fourth-order valence-electron chi connectivity index (χ4n) is 3.37. The maximum absolute atomic E-state index is 11.7. The SMILES string of the molecule is C[C@@H](c1ccc2c(c1)OCO2)N1CCN(c2ncc([S@](C)(=N)=O)cn2)CC1. The molecule has 1 aromatic heterocycles. The molecule has 4 rings (SSSR count). The van der Waals surface area contributed by atoms with Crippen molar-refractivity contribution < 1.29 is 13.7 Å². The molecule has 1 fully saturated rings. The van der Waals surface area contributed by atoms with Crippen molar-refractivity contribution in [2.24, 2.45) is 0 Å². The molecule has 0 spiro atoms. The van der Waals surface area contributed by atoms with E-state index in [2.05, 4.69) is 38.8 Å². The van der Waals surface area contributed by atoms with Crippen molar-refractivity contribution in [1.29, 1.82) is 4.78 Å². The van der Waals surface area contributed by atoms with Gasteiger partial charge in [0.05, 0.1) is 14.6 Å². The Kier molecular flexibility index (Phi) is 4.65. The maximum Gasteiger partial charge on any atom is 0.231 e. The summed E-state index contributed by atoms with van der Waals surface area (Å²) in [5, 5.41) is 0. The number of ether oxygens (including phenoxy) is 2. The summed E-state index contributed by atoms with van der Waals surface area (Å²) in [6.07, 6.45) is 4.38. The third-order valence-corrected chi connectivity index (χ3v) is 6.20. The molecule has 2 aliphatic rings. The van der Waals surface area contributed by atoms with Crippen LogP contribution in [0.2, 0.25) is 0 Å². The molecule has 144 valence electrons. The number of hydrogen-bond acceptors (Lipinski definition) is 8. The first-order valence-electron chi connectivity index (χ1n) is 8.86. The first-order valence-corrected chi connectivity index (χ1v) is 10.8. The van der Waals surface area contributed by atoms with Gasteiger partial charge in [-0.3, -0.25) is 4.90 Å². The van der Waals surface area contributed by atoms with Crippen molar-refractivity contribution in [2.45, 2.75) is 17.9 Å². The smallest absolute Gasteiger partial charge is 0.231 e. The Hall–Kier alpha value is -2.39. The van der Waals surface area contributed by atoms with Crippen LogP contribution in [0.25, 0.3) is 0 Å². The minimum atomic E-state index is -2.78. The molecule has 27 heavy (non-hydrogen) atoms. The van der Waals surface area contributed by atoms with Crippen LogP contribution in [0.3, 0.4) is 0 Å². The van der Waals surface area contributed by atoms with E-state index in [4.69, 9.17) is 14.3 Å². The van der Waals surface area contributed by atoms with Crippen LogP contribution in [0.1, 0.15) is 18.5 Å². The monoisotopic (exact) mass is 389 g/mol. The van der Waals surface area contributed by atoms with Gasteiger partial charge in [0.1, 0.15) is 0 Å². The number of aromatic nitrogens is 2. The van der Waals surface area contributed by atoms with Crippen molar-refractivity contribution in [3.63, 3.8) is 0 Å². The highest BCUT2D eigenvalue weighted by Gasteiger charge is 2.25. The minimum Gasteiger partial charge on any atom is -0.454 e. The fraction of sp³-hybridized carbons (Fsp3) is 0.444. The molecule has 8 nitrogen and oxygen atoms in total. The lowest BCUT2D eigenvalue weighted by atomic mass is 10.1. The molecule has 0 unspecified atom stereocenters. The molecule has 0 aliphatic carbocycles. The van der Waals surface area contributed by atoms with Gasteiger partial charge in [-0.2, -0.15) is 0 Å². The van der Waals surface area contributed by atoms with Gasteiger partial charge >= 0.3 is 0 Å². The average molecular weight is 389 g/mol. The lowest BCUT2D eigenvalue weighted by molar-refractivity contribution is 0.173. The lowest BCUT2D eigenvalue weighted by Gasteiger charge is -2.38. The highest BCUT2D eigenvalue weighted by atomic mass is 32.2. The molecule has 1 saturated heterocycles. The molecular formula is C18H23N5O3S. The molecule has 0 bridgehead atoms. The Morgan fingerprint density at radius 3 is 2.44 bits per heavy atom. The largest absolute Gasteiger partial charge is 0.454 e. The van der Waals surface area contributed by atoms with Gasteiger partial charge in [-0.1, -0.05) is 6.07 Å². The Morgan fingerprint density at radius 1 is 1.11 bits per heavy atom. The molecule has 9 heteroatoms. The van der Waals surface area contributed by atoms with Gasteiger partial charge in [0.25, 0.3) is 0 Å². The van der Waals surface area contributed by atoms with Crippen molar-refractivity contribution >= 4 is 15.7 Å². The Balaban J connectivity index is 1.40. The van der Waals surface area contributed by atoms with Gasteiger partial charge < -0.3 is 14.4 Å². The van der Waals surface area contributed by atoms with Crippen molar-refractivity contribution in [3.8, 4) is 11.5 Å². The number of anilines is 1. The van der Waals surface area contributed by atoms with Crippen LogP contribution < -0.4 is 14.4 Å². The number of hydrogen-bond donors (Lipinski definition) is 1. The Bertz CT molecular complexity index is 925. The highest BCUT2D eigenvalue weighted by Crippen LogP contribution is 2.35. The van der Waals surface area contributed by atoms with E-state index in [-0.39, 0.29) is 12.8 Å². The van der Waals surface area contributed by atoms with E-state index in [1.807, 2.05) is 6.07 Å². The zero-order valence-electron chi connectivity index (χ0n) is 15.4. The predicted octanol–water partition coefficient (Wildman–Crippen LogP) is 2.12. The Labute approximate surface area is 159 Å². The number of nitrogens with one attached hydrogen (secondary N) is 1. The zero-order chi connectivity index (χ0) is 19.0. The minimum absolute atomic E-state index is 0.276. The second-order valence-electron chi connectivity index (χ2n) is 6.87. The summed E-state index contributed by atoms with van der Waals surface area (Å²) in [5.41, 5.74) is 1.21. The summed E-state index contributed by atoms with van der Waals surface area (Å²) < 4.78 is 30.2. The highest BCUT2D eigenvalue weighted by molar-refractivity contribution is 7.91. The summed E-state index contributed by atoms with van der Waals surface area (Å²) in [6.45, 7) is 5.91. The van der Waals surface area contributed by atoms with E-state index >= 15 is 0 Å². The van der Waals surface area contributed by atoms with Crippen molar-refractivity contribution in [1.82, 2.24) is 14.9 Å². The van der Waals surface area contributed by atoms with E-state index < -0.39 is 9.73 Å². The van der Waals surface area contributed by atoms with Crippen molar-refractivity contribution in [2.75, 3.05) is 44.1 Å².